The molecule has 34 heavy (non-hydrogen) atoms. The molecule has 0 aliphatic carbocycles. The summed E-state index contributed by atoms with van der Waals surface area (Å²) >= 11 is 0. The molecular formula is C26H35N3O4S. The fourth-order valence-corrected chi connectivity index (χ4v) is 6.99. The number of hydrogen-bond donors (Lipinski definition) is 0. The first-order valence-electron chi connectivity index (χ1n) is 12.0. The largest absolute Gasteiger partial charge is 0.495 e. The molecule has 2 aliphatic rings. The van der Waals surface area contributed by atoms with E-state index in [1.54, 1.807) is 21.3 Å². The Labute approximate surface area is 203 Å². The van der Waals surface area contributed by atoms with Crippen LogP contribution in [0.1, 0.15) is 36.2 Å². The number of methoxy groups -OCH3 is 1. The van der Waals surface area contributed by atoms with Crippen LogP contribution < -0.4 is 9.64 Å². The fourth-order valence-electron chi connectivity index (χ4n) is 5.13. The third kappa shape index (κ3) is 5.08. The minimum absolute atomic E-state index is 0.0700. The maximum Gasteiger partial charge on any atom is 0.254 e. The Morgan fingerprint density at radius 3 is 2.26 bits per heavy atom. The Balaban J connectivity index is 1.53. The first-order valence-corrected chi connectivity index (χ1v) is 13.4. The summed E-state index contributed by atoms with van der Waals surface area (Å²) in [7, 11) is -2.32. The Morgan fingerprint density at radius 2 is 1.65 bits per heavy atom. The monoisotopic (exact) mass is 485 g/mol. The molecule has 1 amide bonds. The molecule has 0 aromatic heterocycles. The second-order valence-electron chi connectivity index (χ2n) is 9.75. The van der Waals surface area contributed by atoms with Crippen molar-refractivity contribution in [3.05, 3.63) is 53.6 Å². The molecule has 0 spiro atoms. The van der Waals surface area contributed by atoms with Gasteiger partial charge < -0.3 is 14.5 Å². The summed E-state index contributed by atoms with van der Waals surface area (Å²) in [5.74, 6) is 0.702. The summed E-state index contributed by atoms with van der Waals surface area (Å²) in [5, 5.41) is 0. The highest BCUT2D eigenvalue weighted by atomic mass is 32.2. The average Bonchev–Trinajstić information content (AvgIpc) is 2.82. The van der Waals surface area contributed by atoms with E-state index >= 15 is 0 Å². The molecule has 0 bridgehead atoms. The SMILES string of the molecule is COc1ccc(C(=O)N2CCN(c3cccc(C)c3)CC2)cc1S(=O)(=O)N1CC(C)CC(C)C1. The molecule has 184 valence electrons. The molecule has 2 unspecified atom stereocenters. The van der Waals surface area contributed by atoms with Gasteiger partial charge in [0.1, 0.15) is 10.6 Å². The molecule has 4 rings (SSSR count). The molecule has 7 nitrogen and oxygen atoms in total. The van der Waals surface area contributed by atoms with Crippen LogP contribution in [0, 0.1) is 18.8 Å². The molecule has 2 heterocycles. The van der Waals surface area contributed by atoms with Gasteiger partial charge in [-0.2, -0.15) is 4.31 Å². The van der Waals surface area contributed by atoms with Gasteiger partial charge in [0.05, 0.1) is 7.11 Å². The predicted molar refractivity (Wildman–Crippen MR) is 134 cm³/mol. The zero-order valence-corrected chi connectivity index (χ0v) is 21.3. The van der Waals surface area contributed by atoms with Crippen molar-refractivity contribution in [2.75, 3.05) is 51.3 Å². The van der Waals surface area contributed by atoms with E-state index < -0.39 is 10.0 Å². The van der Waals surface area contributed by atoms with Crippen molar-refractivity contribution < 1.29 is 17.9 Å². The van der Waals surface area contributed by atoms with Crippen molar-refractivity contribution in [1.82, 2.24) is 9.21 Å². The minimum Gasteiger partial charge on any atom is -0.495 e. The zero-order chi connectivity index (χ0) is 24.5. The molecule has 2 aromatic rings. The summed E-state index contributed by atoms with van der Waals surface area (Å²) < 4.78 is 34.0. The van der Waals surface area contributed by atoms with Gasteiger partial charge in [-0.25, -0.2) is 8.42 Å². The smallest absolute Gasteiger partial charge is 0.254 e. The van der Waals surface area contributed by atoms with E-state index in [2.05, 4.69) is 43.9 Å². The van der Waals surface area contributed by atoms with Crippen molar-refractivity contribution in [1.29, 1.82) is 0 Å². The highest BCUT2D eigenvalue weighted by molar-refractivity contribution is 7.89. The van der Waals surface area contributed by atoms with Gasteiger partial charge in [0.2, 0.25) is 10.0 Å². The second-order valence-corrected chi connectivity index (χ2v) is 11.7. The number of ether oxygens (including phenoxy) is 1. The van der Waals surface area contributed by atoms with E-state index in [-0.39, 0.29) is 16.6 Å². The number of piperazine rings is 1. The van der Waals surface area contributed by atoms with Crippen LogP contribution in [0.15, 0.2) is 47.4 Å². The maximum absolute atomic E-state index is 13.6. The molecule has 2 atom stereocenters. The summed E-state index contributed by atoms with van der Waals surface area (Å²) in [6.45, 7) is 9.83. The van der Waals surface area contributed by atoms with E-state index in [1.807, 2.05) is 6.07 Å². The second kappa shape index (κ2) is 9.96. The van der Waals surface area contributed by atoms with Crippen LogP contribution >= 0.6 is 0 Å². The average molecular weight is 486 g/mol. The minimum atomic E-state index is -3.78. The predicted octanol–water partition coefficient (Wildman–Crippen LogP) is 3.63. The maximum atomic E-state index is 13.6. The zero-order valence-electron chi connectivity index (χ0n) is 20.5. The van der Waals surface area contributed by atoms with Crippen LogP contribution in [0.25, 0.3) is 0 Å². The summed E-state index contributed by atoms with van der Waals surface area (Å²) in [4.78, 5) is 17.5. The van der Waals surface area contributed by atoms with Gasteiger partial charge in [0.25, 0.3) is 5.91 Å². The first-order chi connectivity index (χ1) is 16.2. The van der Waals surface area contributed by atoms with E-state index in [9.17, 15) is 13.2 Å². The van der Waals surface area contributed by atoms with Gasteiger partial charge in [-0.15, -0.1) is 0 Å². The van der Waals surface area contributed by atoms with Gasteiger partial charge in [0, 0.05) is 50.5 Å². The molecule has 8 heteroatoms. The lowest BCUT2D eigenvalue weighted by Crippen LogP contribution is -2.48. The van der Waals surface area contributed by atoms with E-state index in [1.165, 1.54) is 18.7 Å². The van der Waals surface area contributed by atoms with Gasteiger partial charge in [-0.05, 0) is 61.1 Å². The third-order valence-electron chi connectivity index (χ3n) is 6.80. The lowest BCUT2D eigenvalue weighted by Gasteiger charge is -2.36. The number of carbonyl (C=O) groups is 1. The molecule has 0 radical (unpaired) electrons. The number of piperidine rings is 1. The molecule has 2 saturated heterocycles. The van der Waals surface area contributed by atoms with Gasteiger partial charge >= 0.3 is 0 Å². The Morgan fingerprint density at radius 1 is 0.971 bits per heavy atom. The molecule has 0 N–H and O–H groups in total. The number of anilines is 1. The first kappa shape index (κ1) is 24.5. The van der Waals surface area contributed by atoms with Crippen LogP contribution in [0.2, 0.25) is 0 Å². The number of rotatable bonds is 5. The summed E-state index contributed by atoms with van der Waals surface area (Å²) in [5.41, 5.74) is 2.75. The van der Waals surface area contributed by atoms with Crippen LogP contribution in [-0.2, 0) is 10.0 Å². The van der Waals surface area contributed by atoms with Gasteiger partial charge in [0.15, 0.2) is 0 Å². The highest BCUT2D eigenvalue weighted by Gasteiger charge is 2.34. The van der Waals surface area contributed by atoms with Gasteiger partial charge in [-0.3, -0.25) is 4.79 Å². The summed E-state index contributed by atoms with van der Waals surface area (Å²) in [6, 6.07) is 13.1. The molecule has 0 saturated carbocycles. The van der Waals surface area contributed by atoms with Crippen molar-refractivity contribution >= 4 is 21.6 Å². The molecular weight excluding hydrogens is 450 g/mol. The Hall–Kier alpha value is -2.58. The number of benzene rings is 2. The number of carbonyl (C=O) groups excluding carboxylic acids is 1. The lowest BCUT2D eigenvalue weighted by atomic mass is 9.94. The highest BCUT2D eigenvalue weighted by Crippen LogP contribution is 2.32. The normalized spacial score (nSPS) is 22.0. The number of hydrogen-bond acceptors (Lipinski definition) is 5. The van der Waals surface area contributed by atoms with Crippen molar-refractivity contribution in [3.63, 3.8) is 0 Å². The van der Waals surface area contributed by atoms with Crippen molar-refractivity contribution in [3.8, 4) is 5.75 Å². The van der Waals surface area contributed by atoms with Crippen LogP contribution in [0.3, 0.4) is 0 Å². The fraction of sp³-hybridized carbons (Fsp3) is 0.500. The Kier molecular flexibility index (Phi) is 7.19. The lowest BCUT2D eigenvalue weighted by molar-refractivity contribution is 0.0746. The van der Waals surface area contributed by atoms with Crippen molar-refractivity contribution in [2.45, 2.75) is 32.1 Å². The van der Waals surface area contributed by atoms with Crippen LogP contribution in [-0.4, -0.2) is 69.9 Å². The third-order valence-corrected chi connectivity index (χ3v) is 8.65. The summed E-state index contributed by atoms with van der Waals surface area (Å²) in [6.07, 6.45) is 1.01. The number of nitrogens with zero attached hydrogens (tertiary/aromatic N) is 3. The molecule has 2 fully saturated rings. The van der Waals surface area contributed by atoms with E-state index in [0.29, 0.717) is 43.6 Å². The Bertz CT molecular complexity index is 1130. The van der Waals surface area contributed by atoms with E-state index in [4.69, 9.17) is 4.74 Å². The van der Waals surface area contributed by atoms with Gasteiger partial charge in [-0.1, -0.05) is 26.0 Å². The standard InChI is InChI=1S/C26H35N3O4S/c1-19-6-5-7-23(15-19)27-10-12-28(13-11-27)26(30)22-8-9-24(33-4)25(16-22)34(31,32)29-17-20(2)14-21(3)18-29/h5-9,15-16,20-21H,10-14,17-18H2,1-4H3. The quantitative estimate of drug-likeness (QED) is 0.647. The molecule has 2 aliphatic heterocycles. The van der Waals surface area contributed by atoms with Crippen LogP contribution in [0.4, 0.5) is 5.69 Å². The number of sulfonamides is 1. The van der Waals surface area contributed by atoms with Crippen LogP contribution in [0.5, 0.6) is 5.75 Å². The van der Waals surface area contributed by atoms with E-state index in [0.717, 1.165) is 25.2 Å². The number of aryl methyl sites for hydroxylation is 1. The molecule has 2 aromatic carbocycles. The number of amides is 1. The van der Waals surface area contributed by atoms with Crippen molar-refractivity contribution in [2.24, 2.45) is 11.8 Å². The topological polar surface area (TPSA) is 70.2 Å².